The third-order valence-corrected chi connectivity index (χ3v) is 3.53. The van der Waals surface area contributed by atoms with Crippen LogP contribution in [-0.2, 0) is 6.42 Å². The molecule has 17 heavy (non-hydrogen) atoms. The van der Waals surface area contributed by atoms with Crippen molar-refractivity contribution in [3.05, 3.63) is 29.2 Å². The Hall–Kier alpha value is -1.22. The number of allylic oxidation sites excluding steroid dienone is 1. The normalized spacial score (nSPS) is 19.1. The maximum absolute atomic E-state index is 6.19. The van der Waals surface area contributed by atoms with Gasteiger partial charge < -0.3 is 9.99 Å². The van der Waals surface area contributed by atoms with Gasteiger partial charge in [0.25, 0.3) is 0 Å². The van der Waals surface area contributed by atoms with Gasteiger partial charge in [-0.05, 0) is 44.4 Å². The Morgan fingerprint density at radius 3 is 2.94 bits per heavy atom. The first-order chi connectivity index (χ1) is 8.13. The quantitative estimate of drug-likeness (QED) is 0.620. The zero-order valence-electron chi connectivity index (χ0n) is 11.0. The summed E-state index contributed by atoms with van der Waals surface area (Å²) in [6.45, 7) is 6.50. The van der Waals surface area contributed by atoms with Crippen molar-refractivity contribution >= 4 is 6.08 Å². The zero-order valence-corrected chi connectivity index (χ0v) is 11.0. The largest absolute Gasteiger partial charge is 0.364 e. The fourth-order valence-electron chi connectivity index (χ4n) is 2.54. The first kappa shape index (κ1) is 12.2. The SMILES string of the molecule is CCCC1Cc2[nH]ccc2C=C1N(N)C(C)C. The van der Waals surface area contributed by atoms with Gasteiger partial charge in [-0.15, -0.1) is 0 Å². The van der Waals surface area contributed by atoms with Crippen LogP contribution >= 0.6 is 0 Å². The van der Waals surface area contributed by atoms with Gasteiger partial charge in [-0.3, -0.25) is 0 Å². The third kappa shape index (κ3) is 2.39. The van der Waals surface area contributed by atoms with Gasteiger partial charge in [0.15, 0.2) is 0 Å². The molecule has 1 aliphatic carbocycles. The second kappa shape index (κ2) is 4.96. The Balaban J connectivity index is 2.30. The number of nitrogens with two attached hydrogens (primary N) is 1. The average Bonchev–Trinajstić information content (AvgIpc) is 2.74. The summed E-state index contributed by atoms with van der Waals surface area (Å²) in [5, 5.41) is 1.93. The number of fused-ring (bicyclic) bond motifs is 1. The van der Waals surface area contributed by atoms with Crippen LogP contribution in [0.25, 0.3) is 6.08 Å². The highest BCUT2D eigenvalue weighted by atomic mass is 15.4. The first-order valence-electron chi connectivity index (χ1n) is 6.55. The lowest BCUT2D eigenvalue weighted by Crippen LogP contribution is -2.40. The first-order valence-corrected chi connectivity index (χ1v) is 6.55. The smallest absolute Gasteiger partial charge is 0.0392 e. The minimum Gasteiger partial charge on any atom is -0.364 e. The molecule has 1 aliphatic rings. The van der Waals surface area contributed by atoms with Gasteiger partial charge in [-0.2, -0.15) is 0 Å². The number of hydrogen-bond acceptors (Lipinski definition) is 2. The van der Waals surface area contributed by atoms with Crippen molar-refractivity contribution in [3.63, 3.8) is 0 Å². The summed E-state index contributed by atoms with van der Waals surface area (Å²) in [5.74, 6) is 6.75. The number of nitrogens with zero attached hydrogens (tertiary/aromatic N) is 1. The van der Waals surface area contributed by atoms with E-state index in [1.807, 2.05) is 11.2 Å². The van der Waals surface area contributed by atoms with E-state index in [1.54, 1.807) is 0 Å². The highest BCUT2D eigenvalue weighted by molar-refractivity contribution is 5.58. The molecule has 0 amide bonds. The van der Waals surface area contributed by atoms with Crippen LogP contribution in [0.1, 0.15) is 44.9 Å². The Morgan fingerprint density at radius 1 is 1.53 bits per heavy atom. The van der Waals surface area contributed by atoms with Crippen molar-refractivity contribution in [1.29, 1.82) is 0 Å². The van der Waals surface area contributed by atoms with Crippen molar-refractivity contribution in [1.82, 2.24) is 9.99 Å². The minimum absolute atomic E-state index is 0.348. The zero-order chi connectivity index (χ0) is 12.4. The predicted molar refractivity (Wildman–Crippen MR) is 72.0 cm³/mol. The van der Waals surface area contributed by atoms with Crippen LogP contribution in [-0.4, -0.2) is 16.0 Å². The Bertz CT molecular complexity index is 403. The number of nitrogens with one attached hydrogen (secondary N) is 1. The van der Waals surface area contributed by atoms with Gasteiger partial charge in [0, 0.05) is 29.5 Å². The van der Waals surface area contributed by atoms with Crippen LogP contribution in [0.5, 0.6) is 0 Å². The minimum atomic E-state index is 0.348. The van der Waals surface area contributed by atoms with E-state index in [0.29, 0.717) is 12.0 Å². The van der Waals surface area contributed by atoms with Gasteiger partial charge in [-0.25, -0.2) is 5.84 Å². The van der Waals surface area contributed by atoms with Crippen LogP contribution < -0.4 is 5.84 Å². The molecule has 3 nitrogen and oxygen atoms in total. The molecule has 0 aromatic carbocycles. The van der Waals surface area contributed by atoms with E-state index < -0.39 is 0 Å². The Morgan fingerprint density at radius 2 is 2.29 bits per heavy atom. The van der Waals surface area contributed by atoms with Gasteiger partial charge in [-0.1, -0.05) is 13.3 Å². The van der Waals surface area contributed by atoms with Crippen LogP contribution in [0.3, 0.4) is 0 Å². The number of hydrogen-bond donors (Lipinski definition) is 2. The monoisotopic (exact) mass is 233 g/mol. The van der Waals surface area contributed by atoms with Crippen molar-refractivity contribution < 1.29 is 0 Å². The molecule has 0 spiro atoms. The van der Waals surface area contributed by atoms with Crippen LogP contribution in [0.4, 0.5) is 0 Å². The topological polar surface area (TPSA) is 45.0 Å². The number of aromatic nitrogens is 1. The summed E-state index contributed by atoms with van der Waals surface area (Å²) in [4.78, 5) is 3.33. The standard InChI is InChI=1S/C14H23N3/c1-4-5-12-8-13-11(6-7-16-13)9-14(12)17(15)10(2)3/h6-7,9-10,12,16H,4-5,8,15H2,1-3H3. The molecule has 0 radical (unpaired) electrons. The molecule has 1 aromatic heterocycles. The highest BCUT2D eigenvalue weighted by Crippen LogP contribution is 2.32. The molecular weight excluding hydrogens is 210 g/mol. The molecule has 2 rings (SSSR count). The second-order valence-corrected chi connectivity index (χ2v) is 5.17. The summed E-state index contributed by atoms with van der Waals surface area (Å²) in [7, 11) is 0. The summed E-state index contributed by atoms with van der Waals surface area (Å²) < 4.78 is 0. The summed E-state index contributed by atoms with van der Waals surface area (Å²) in [6, 6.07) is 2.48. The molecule has 1 unspecified atom stereocenters. The van der Waals surface area contributed by atoms with Crippen molar-refractivity contribution in [2.45, 2.75) is 46.1 Å². The van der Waals surface area contributed by atoms with Gasteiger partial charge in [0.05, 0.1) is 0 Å². The molecule has 0 bridgehead atoms. The number of H-pyrrole nitrogens is 1. The molecule has 1 atom stereocenters. The molecule has 3 heteroatoms. The molecule has 0 saturated carbocycles. The molecule has 1 heterocycles. The van der Waals surface area contributed by atoms with E-state index in [0.717, 1.165) is 6.42 Å². The van der Waals surface area contributed by atoms with Crippen molar-refractivity contribution in [2.75, 3.05) is 0 Å². The van der Waals surface area contributed by atoms with E-state index >= 15 is 0 Å². The Kier molecular flexibility index (Phi) is 3.57. The van der Waals surface area contributed by atoms with E-state index in [-0.39, 0.29) is 0 Å². The molecule has 1 aromatic rings. The lowest BCUT2D eigenvalue weighted by atomic mass is 9.87. The van der Waals surface area contributed by atoms with Crippen molar-refractivity contribution in [2.24, 2.45) is 11.8 Å². The van der Waals surface area contributed by atoms with Crippen LogP contribution in [0.2, 0.25) is 0 Å². The second-order valence-electron chi connectivity index (χ2n) is 5.17. The summed E-state index contributed by atoms with van der Waals surface area (Å²) >= 11 is 0. The molecule has 0 fully saturated rings. The van der Waals surface area contributed by atoms with Gasteiger partial charge in [0.1, 0.15) is 0 Å². The molecule has 0 aliphatic heterocycles. The molecule has 0 saturated heterocycles. The maximum Gasteiger partial charge on any atom is 0.0392 e. The molecule has 94 valence electrons. The third-order valence-electron chi connectivity index (χ3n) is 3.53. The average molecular weight is 233 g/mol. The maximum atomic E-state index is 6.19. The summed E-state index contributed by atoms with van der Waals surface area (Å²) in [5.41, 5.74) is 3.93. The van der Waals surface area contributed by atoms with Gasteiger partial charge in [0.2, 0.25) is 0 Å². The van der Waals surface area contributed by atoms with E-state index in [9.17, 15) is 0 Å². The van der Waals surface area contributed by atoms with Gasteiger partial charge >= 0.3 is 0 Å². The lowest BCUT2D eigenvalue weighted by Gasteiger charge is -2.34. The van der Waals surface area contributed by atoms with Crippen LogP contribution in [0.15, 0.2) is 18.0 Å². The van der Waals surface area contributed by atoms with E-state index in [1.165, 1.54) is 29.8 Å². The molecule has 3 N–H and O–H groups in total. The van der Waals surface area contributed by atoms with Crippen LogP contribution in [0, 0.1) is 5.92 Å². The fourth-order valence-corrected chi connectivity index (χ4v) is 2.54. The van der Waals surface area contributed by atoms with E-state index in [4.69, 9.17) is 5.84 Å². The Labute approximate surface area is 104 Å². The lowest BCUT2D eigenvalue weighted by molar-refractivity contribution is 0.252. The summed E-state index contributed by atoms with van der Waals surface area (Å²) in [6.07, 6.45) is 7.75. The van der Waals surface area contributed by atoms with Crippen molar-refractivity contribution in [3.8, 4) is 0 Å². The number of rotatable bonds is 4. The number of aromatic amines is 1. The number of hydrazine groups is 1. The predicted octanol–water partition coefficient (Wildman–Crippen LogP) is 2.91. The van der Waals surface area contributed by atoms with E-state index in [2.05, 4.69) is 37.9 Å². The highest BCUT2D eigenvalue weighted by Gasteiger charge is 2.25. The fraction of sp³-hybridized carbons (Fsp3) is 0.571. The molecular formula is C14H23N3.